The molecule has 1 rings (SSSR count). The molecule has 1 heterocycles. The topological polar surface area (TPSA) is 12.9 Å². The summed E-state index contributed by atoms with van der Waals surface area (Å²) in [6.45, 7) is 4.32. The maximum absolute atomic E-state index is 4.07. The van der Waals surface area contributed by atoms with Crippen molar-refractivity contribution in [2.45, 2.75) is 26.7 Å². The van der Waals surface area contributed by atoms with Gasteiger partial charge in [-0.2, -0.15) is 0 Å². The highest BCUT2D eigenvalue weighted by atomic mass is 14.6. The van der Waals surface area contributed by atoms with Crippen molar-refractivity contribution in [1.29, 1.82) is 0 Å². The van der Waals surface area contributed by atoms with Crippen molar-refractivity contribution >= 4 is 5.57 Å². The molecule has 0 saturated carbocycles. The van der Waals surface area contributed by atoms with Crippen molar-refractivity contribution in [3.8, 4) is 0 Å². The largest absolute Gasteiger partial charge is 0.264 e. The van der Waals surface area contributed by atoms with E-state index >= 15 is 0 Å². The number of pyridine rings is 1. The second-order valence-corrected chi connectivity index (χ2v) is 2.92. The van der Waals surface area contributed by atoms with Crippen LogP contribution >= 0.6 is 0 Å². The minimum absolute atomic E-state index is 1.15. The maximum Gasteiger partial charge on any atom is 0.0342 e. The Labute approximate surface area is 74.2 Å². The molecule has 1 heteroatoms. The van der Waals surface area contributed by atoms with Gasteiger partial charge >= 0.3 is 0 Å². The minimum Gasteiger partial charge on any atom is -0.264 e. The van der Waals surface area contributed by atoms with E-state index in [1.54, 1.807) is 6.20 Å². The Morgan fingerprint density at radius 2 is 2.42 bits per heavy atom. The van der Waals surface area contributed by atoms with E-state index in [2.05, 4.69) is 31.0 Å². The van der Waals surface area contributed by atoms with Crippen LogP contribution in [-0.4, -0.2) is 4.98 Å². The third-order valence-corrected chi connectivity index (χ3v) is 1.86. The van der Waals surface area contributed by atoms with Gasteiger partial charge in [-0.05, 0) is 30.5 Å². The Balaban J connectivity index is 2.71. The summed E-state index contributed by atoms with van der Waals surface area (Å²) in [5.41, 5.74) is 2.55. The number of hydrogen-bond acceptors (Lipinski definition) is 1. The molecule has 0 aliphatic rings. The van der Waals surface area contributed by atoms with Gasteiger partial charge in [0.15, 0.2) is 0 Å². The summed E-state index contributed by atoms with van der Waals surface area (Å²) in [6.07, 6.45) is 8.33. The van der Waals surface area contributed by atoms with Crippen LogP contribution in [0.15, 0.2) is 30.6 Å². The summed E-state index contributed by atoms with van der Waals surface area (Å²) >= 11 is 0. The lowest BCUT2D eigenvalue weighted by Crippen LogP contribution is -1.80. The first-order valence-electron chi connectivity index (χ1n) is 4.41. The molecule has 0 bridgehead atoms. The van der Waals surface area contributed by atoms with Gasteiger partial charge in [0.1, 0.15) is 0 Å². The van der Waals surface area contributed by atoms with E-state index in [1.165, 1.54) is 17.6 Å². The second kappa shape index (κ2) is 4.70. The van der Waals surface area contributed by atoms with Crippen LogP contribution in [0.25, 0.3) is 5.57 Å². The van der Waals surface area contributed by atoms with Gasteiger partial charge in [0.2, 0.25) is 0 Å². The molecular weight excluding hydrogens is 146 g/mol. The van der Waals surface area contributed by atoms with Crippen molar-refractivity contribution < 1.29 is 0 Å². The van der Waals surface area contributed by atoms with E-state index in [9.17, 15) is 0 Å². The first-order valence-corrected chi connectivity index (χ1v) is 4.41. The lowest BCUT2D eigenvalue weighted by molar-refractivity contribution is 0.959. The van der Waals surface area contributed by atoms with Crippen LogP contribution in [0.4, 0.5) is 0 Å². The SMILES string of the molecule is CCC/C=C(\C)c1cccnc1. The highest BCUT2D eigenvalue weighted by molar-refractivity contribution is 5.62. The number of aromatic nitrogens is 1. The minimum atomic E-state index is 1.15. The Bertz CT molecular complexity index is 249. The molecule has 0 amide bonds. The van der Waals surface area contributed by atoms with Gasteiger partial charge in [-0.25, -0.2) is 0 Å². The maximum atomic E-state index is 4.07. The molecule has 0 aliphatic carbocycles. The zero-order valence-electron chi connectivity index (χ0n) is 7.75. The summed E-state index contributed by atoms with van der Waals surface area (Å²) in [6, 6.07) is 4.06. The lowest BCUT2D eigenvalue weighted by Gasteiger charge is -1.98. The van der Waals surface area contributed by atoms with Crippen LogP contribution in [0.3, 0.4) is 0 Å². The molecule has 0 aromatic carbocycles. The molecule has 0 N–H and O–H groups in total. The quantitative estimate of drug-likeness (QED) is 0.663. The van der Waals surface area contributed by atoms with Crippen LogP contribution in [0.2, 0.25) is 0 Å². The second-order valence-electron chi connectivity index (χ2n) is 2.92. The molecule has 0 fully saturated rings. The van der Waals surface area contributed by atoms with Gasteiger partial charge in [-0.1, -0.05) is 25.5 Å². The van der Waals surface area contributed by atoms with Crippen LogP contribution in [-0.2, 0) is 0 Å². The van der Waals surface area contributed by atoms with Crippen LogP contribution in [0.1, 0.15) is 32.3 Å². The summed E-state index contributed by atoms with van der Waals surface area (Å²) in [5.74, 6) is 0. The third-order valence-electron chi connectivity index (χ3n) is 1.86. The fourth-order valence-corrected chi connectivity index (χ4v) is 1.07. The highest BCUT2D eigenvalue weighted by Gasteiger charge is 1.92. The predicted octanol–water partition coefficient (Wildman–Crippen LogP) is 3.29. The van der Waals surface area contributed by atoms with Gasteiger partial charge in [-0.3, -0.25) is 4.98 Å². The Hall–Kier alpha value is -1.11. The molecule has 0 spiro atoms. The van der Waals surface area contributed by atoms with Gasteiger partial charge in [0.25, 0.3) is 0 Å². The molecule has 0 saturated heterocycles. The molecule has 12 heavy (non-hydrogen) atoms. The van der Waals surface area contributed by atoms with Crippen molar-refractivity contribution in [3.63, 3.8) is 0 Å². The molecule has 1 aromatic rings. The fraction of sp³-hybridized carbons (Fsp3) is 0.364. The summed E-state index contributed by atoms with van der Waals surface area (Å²) in [4.78, 5) is 4.07. The van der Waals surface area contributed by atoms with Crippen LogP contribution in [0.5, 0.6) is 0 Å². The average Bonchev–Trinajstić information content (AvgIpc) is 2.15. The van der Waals surface area contributed by atoms with Crippen molar-refractivity contribution in [1.82, 2.24) is 4.98 Å². The van der Waals surface area contributed by atoms with E-state index in [1.807, 2.05) is 12.3 Å². The van der Waals surface area contributed by atoms with E-state index in [-0.39, 0.29) is 0 Å². The smallest absolute Gasteiger partial charge is 0.0342 e. The van der Waals surface area contributed by atoms with E-state index in [0.717, 1.165) is 6.42 Å². The summed E-state index contributed by atoms with van der Waals surface area (Å²) in [7, 11) is 0. The first-order chi connectivity index (χ1) is 5.84. The number of nitrogens with zero attached hydrogens (tertiary/aromatic N) is 1. The molecule has 64 valence electrons. The average molecular weight is 161 g/mol. The monoisotopic (exact) mass is 161 g/mol. The molecule has 0 atom stereocenters. The Kier molecular flexibility index (Phi) is 3.52. The van der Waals surface area contributed by atoms with Crippen molar-refractivity contribution in [3.05, 3.63) is 36.2 Å². The zero-order valence-corrected chi connectivity index (χ0v) is 7.75. The summed E-state index contributed by atoms with van der Waals surface area (Å²) < 4.78 is 0. The summed E-state index contributed by atoms with van der Waals surface area (Å²) in [5, 5.41) is 0. The van der Waals surface area contributed by atoms with Crippen LogP contribution < -0.4 is 0 Å². The number of hydrogen-bond donors (Lipinski definition) is 0. The van der Waals surface area contributed by atoms with E-state index in [4.69, 9.17) is 0 Å². The standard InChI is InChI=1S/C11H15N/c1-3-4-6-10(2)11-7-5-8-12-9-11/h5-9H,3-4H2,1-2H3/b10-6+. The number of unbranched alkanes of at least 4 members (excludes halogenated alkanes) is 1. The number of allylic oxidation sites excluding steroid dienone is 2. The van der Waals surface area contributed by atoms with E-state index < -0.39 is 0 Å². The third kappa shape index (κ3) is 2.50. The molecule has 1 nitrogen and oxygen atoms in total. The van der Waals surface area contributed by atoms with Crippen molar-refractivity contribution in [2.24, 2.45) is 0 Å². The van der Waals surface area contributed by atoms with E-state index in [0.29, 0.717) is 0 Å². The molecular formula is C11H15N. The number of rotatable bonds is 3. The van der Waals surface area contributed by atoms with Gasteiger partial charge < -0.3 is 0 Å². The first kappa shape index (κ1) is 8.98. The molecule has 0 radical (unpaired) electrons. The van der Waals surface area contributed by atoms with Gasteiger partial charge in [0, 0.05) is 12.4 Å². The predicted molar refractivity (Wildman–Crippen MR) is 52.8 cm³/mol. The molecule has 0 unspecified atom stereocenters. The van der Waals surface area contributed by atoms with Gasteiger partial charge in [0.05, 0.1) is 0 Å². The Morgan fingerprint density at radius 1 is 1.58 bits per heavy atom. The molecule has 1 aromatic heterocycles. The van der Waals surface area contributed by atoms with Crippen molar-refractivity contribution in [2.75, 3.05) is 0 Å². The highest BCUT2D eigenvalue weighted by Crippen LogP contribution is 2.12. The van der Waals surface area contributed by atoms with Gasteiger partial charge in [-0.15, -0.1) is 0 Å². The Morgan fingerprint density at radius 3 is 3.00 bits per heavy atom. The molecule has 0 aliphatic heterocycles. The fourth-order valence-electron chi connectivity index (χ4n) is 1.07. The normalized spacial score (nSPS) is 11.7. The lowest BCUT2D eigenvalue weighted by atomic mass is 10.1. The zero-order chi connectivity index (χ0) is 8.81. The van der Waals surface area contributed by atoms with Crippen LogP contribution in [0, 0.1) is 0 Å².